The lowest BCUT2D eigenvalue weighted by Gasteiger charge is -2.44. The molecule has 1 aromatic rings. The molecule has 3 saturated heterocycles. The molecule has 3 fully saturated rings. The third-order valence-electron chi connectivity index (χ3n) is 7.54. The van der Waals surface area contributed by atoms with Gasteiger partial charge in [0.15, 0.2) is 0 Å². The van der Waals surface area contributed by atoms with Crippen LogP contribution in [0, 0.1) is 11.7 Å². The van der Waals surface area contributed by atoms with Crippen LogP contribution in [0.15, 0.2) is 24.3 Å². The molecule has 5 unspecified atom stereocenters. The lowest BCUT2D eigenvalue weighted by atomic mass is 9.92. The number of aliphatic hydroxyl groups excluding tert-OH is 3. The van der Waals surface area contributed by atoms with E-state index in [1.165, 1.54) is 23.9 Å². The van der Waals surface area contributed by atoms with E-state index >= 15 is 0 Å². The molecule has 208 valence electrons. The van der Waals surface area contributed by atoms with E-state index in [-0.39, 0.29) is 29.8 Å². The molecule has 1 amide bonds. The quantitative estimate of drug-likeness (QED) is 0.249. The van der Waals surface area contributed by atoms with Crippen LogP contribution < -0.4 is 16.0 Å². The second kappa shape index (κ2) is 12.9. The summed E-state index contributed by atoms with van der Waals surface area (Å²) in [5.41, 5.74) is 0.233. The molecule has 0 aromatic heterocycles. The second-order valence-electron chi connectivity index (χ2n) is 10.1. The second-order valence-corrected chi connectivity index (χ2v) is 11.7. The van der Waals surface area contributed by atoms with Crippen LogP contribution in [0.1, 0.15) is 25.3 Å². The molecule has 0 spiro atoms. The number of hydrogen-bond acceptors (Lipinski definition) is 9. The average molecular weight is 562 g/mol. The maximum atomic E-state index is 13.4. The van der Waals surface area contributed by atoms with Gasteiger partial charge in [0.25, 0.3) is 0 Å². The fourth-order valence-corrected chi connectivity index (χ4v) is 6.32. The van der Waals surface area contributed by atoms with Gasteiger partial charge < -0.3 is 40.7 Å². The molecule has 1 aromatic carbocycles. The molecule has 4 rings (SSSR count). The first-order chi connectivity index (χ1) is 17.7. The van der Waals surface area contributed by atoms with E-state index in [1.807, 2.05) is 0 Å². The summed E-state index contributed by atoms with van der Waals surface area (Å²) < 4.78 is 25.2. The Morgan fingerprint density at radius 1 is 1.24 bits per heavy atom. The molecule has 0 bridgehead atoms. The topological polar surface area (TPSA) is 132 Å². The Morgan fingerprint density at radius 2 is 1.97 bits per heavy atom. The third-order valence-corrected chi connectivity index (χ3v) is 8.67. The van der Waals surface area contributed by atoms with Gasteiger partial charge in [-0.3, -0.25) is 4.79 Å². The molecule has 0 saturated carbocycles. The molecule has 3 heterocycles. The van der Waals surface area contributed by atoms with Gasteiger partial charge in [-0.25, -0.2) is 4.39 Å². The molecule has 9 nitrogen and oxygen atoms in total. The van der Waals surface area contributed by atoms with Gasteiger partial charge >= 0.3 is 0 Å². The first-order valence-corrected chi connectivity index (χ1v) is 14.4. The number of thioether (sulfide) groups is 1. The minimum absolute atomic E-state index is 0.116. The maximum absolute atomic E-state index is 13.4. The fourth-order valence-electron chi connectivity index (χ4n) is 5.43. The Balaban J connectivity index is 1.36. The Kier molecular flexibility index (Phi) is 10.1. The molecule has 3 aliphatic rings. The van der Waals surface area contributed by atoms with E-state index in [4.69, 9.17) is 21.1 Å². The monoisotopic (exact) mass is 561 g/mol. The normalized spacial score (nSPS) is 37.9. The van der Waals surface area contributed by atoms with Crippen molar-refractivity contribution < 1.29 is 34.0 Å². The summed E-state index contributed by atoms with van der Waals surface area (Å²) in [6.45, 7) is 3.41. The predicted octanol–water partition coefficient (Wildman–Crippen LogP) is 0.334. The summed E-state index contributed by atoms with van der Waals surface area (Å²) in [7, 11) is 0. The van der Waals surface area contributed by atoms with Gasteiger partial charge in [0.05, 0.1) is 17.5 Å². The predicted molar refractivity (Wildman–Crippen MR) is 139 cm³/mol. The van der Waals surface area contributed by atoms with E-state index < -0.39 is 47.3 Å². The van der Waals surface area contributed by atoms with Crippen molar-refractivity contribution in [1.29, 1.82) is 0 Å². The van der Waals surface area contributed by atoms with Gasteiger partial charge in [-0.2, -0.15) is 0 Å². The van der Waals surface area contributed by atoms with Gasteiger partial charge in [-0.15, -0.1) is 23.4 Å². The van der Waals surface area contributed by atoms with E-state index in [9.17, 15) is 24.5 Å². The number of rotatable bonds is 8. The molecule has 0 aliphatic carbocycles. The highest BCUT2D eigenvalue weighted by Gasteiger charge is 2.49. The number of amides is 1. The van der Waals surface area contributed by atoms with E-state index in [0.29, 0.717) is 19.7 Å². The zero-order chi connectivity index (χ0) is 26.7. The molecule has 0 radical (unpaired) electrons. The van der Waals surface area contributed by atoms with Crippen molar-refractivity contribution in [2.45, 2.75) is 85.8 Å². The summed E-state index contributed by atoms with van der Waals surface area (Å²) in [5.74, 6) is -0.464. The van der Waals surface area contributed by atoms with Crippen LogP contribution in [0.2, 0.25) is 0 Å². The Bertz CT molecular complexity index is 900. The van der Waals surface area contributed by atoms with Crippen LogP contribution in [-0.2, 0) is 20.8 Å². The summed E-state index contributed by atoms with van der Waals surface area (Å²) in [6, 6.07) is 5.20. The third kappa shape index (κ3) is 6.77. The standard InChI is InChI=1S/C25H37ClFN3O6S/c1-12(26)17(23-20(32)19(31)21(33)25(36-23)37-2)30-24(34)18-22-14(11-29-18)9-16(7-8-35-22)28-10-13-3-5-15(27)6-4-13/h3-6,12,14,16-23,25,28-29,31-33H,7-11H2,1-2H3,(H,30,34)/t12-,14-,16?,17+,18-,19?,20?,21?,22+,23+,25?/m0/s1. The van der Waals surface area contributed by atoms with Crippen LogP contribution >= 0.6 is 23.4 Å². The number of fused-ring (bicyclic) bond motifs is 1. The Hall–Kier alpha value is -1.02. The van der Waals surface area contributed by atoms with E-state index in [2.05, 4.69) is 16.0 Å². The number of aliphatic hydroxyl groups is 3. The number of nitrogens with one attached hydrogen (secondary N) is 3. The minimum Gasteiger partial charge on any atom is -0.388 e. The summed E-state index contributed by atoms with van der Waals surface area (Å²) in [4.78, 5) is 13.4. The highest BCUT2D eigenvalue weighted by molar-refractivity contribution is 7.99. The Morgan fingerprint density at radius 3 is 2.65 bits per heavy atom. The molecule has 37 heavy (non-hydrogen) atoms. The van der Waals surface area contributed by atoms with Crippen LogP contribution in [0.3, 0.4) is 0 Å². The van der Waals surface area contributed by atoms with Crippen molar-refractivity contribution in [1.82, 2.24) is 16.0 Å². The SMILES string of the molecule is CSC1O[C@H]([C@H](NC(=O)[C@H]2NC[C@@H]3CC(NCc4ccc(F)cc4)CCO[C@H]32)[C@H](C)Cl)C(O)C(O)C1O. The number of benzene rings is 1. The first-order valence-electron chi connectivity index (χ1n) is 12.7. The summed E-state index contributed by atoms with van der Waals surface area (Å²) >= 11 is 7.61. The molecular weight excluding hydrogens is 525 g/mol. The van der Waals surface area contributed by atoms with Gasteiger partial charge in [0, 0.05) is 31.7 Å². The number of halogens is 2. The van der Waals surface area contributed by atoms with Crippen molar-refractivity contribution >= 4 is 29.3 Å². The van der Waals surface area contributed by atoms with Crippen molar-refractivity contribution in [2.75, 3.05) is 19.4 Å². The van der Waals surface area contributed by atoms with Gasteiger partial charge in [-0.1, -0.05) is 12.1 Å². The summed E-state index contributed by atoms with van der Waals surface area (Å²) in [5, 5.41) is 40.2. The lowest BCUT2D eigenvalue weighted by molar-refractivity contribution is -0.205. The molecule has 11 atom stereocenters. The van der Waals surface area contributed by atoms with Crippen molar-refractivity contribution in [2.24, 2.45) is 5.92 Å². The molecule has 6 N–H and O–H groups in total. The molecular formula is C25H37ClFN3O6S. The van der Waals surface area contributed by atoms with Crippen molar-refractivity contribution in [3.05, 3.63) is 35.6 Å². The van der Waals surface area contributed by atoms with Crippen LogP contribution in [-0.4, -0.2) is 100 Å². The first kappa shape index (κ1) is 29.0. The van der Waals surface area contributed by atoms with Crippen molar-refractivity contribution in [3.63, 3.8) is 0 Å². The Labute approximate surface area is 225 Å². The fraction of sp³-hybridized carbons (Fsp3) is 0.720. The highest BCUT2D eigenvalue weighted by atomic mass is 35.5. The van der Waals surface area contributed by atoms with Gasteiger partial charge in [-0.05, 0) is 43.7 Å². The number of ether oxygens (including phenoxy) is 2. The number of carbonyl (C=O) groups is 1. The van der Waals surface area contributed by atoms with E-state index in [0.717, 1.165) is 18.4 Å². The average Bonchev–Trinajstić information content (AvgIpc) is 3.16. The highest BCUT2D eigenvalue weighted by Crippen LogP contribution is 2.31. The number of alkyl halides is 1. The number of hydrogen-bond donors (Lipinski definition) is 6. The zero-order valence-electron chi connectivity index (χ0n) is 20.9. The van der Waals surface area contributed by atoms with Gasteiger partial charge in [0.1, 0.15) is 41.7 Å². The summed E-state index contributed by atoms with van der Waals surface area (Å²) in [6.07, 6.45) is -2.09. The lowest BCUT2D eigenvalue weighted by Crippen LogP contribution is -2.65. The molecule has 3 aliphatic heterocycles. The minimum atomic E-state index is -1.43. The molecule has 12 heteroatoms. The maximum Gasteiger partial charge on any atom is 0.240 e. The number of carbonyl (C=O) groups excluding carboxylic acids is 1. The zero-order valence-corrected chi connectivity index (χ0v) is 22.5. The largest absolute Gasteiger partial charge is 0.388 e. The van der Waals surface area contributed by atoms with Crippen molar-refractivity contribution in [3.8, 4) is 0 Å². The van der Waals surface area contributed by atoms with Crippen LogP contribution in [0.25, 0.3) is 0 Å². The van der Waals surface area contributed by atoms with Crippen LogP contribution in [0.4, 0.5) is 4.39 Å². The smallest absolute Gasteiger partial charge is 0.240 e. The van der Waals surface area contributed by atoms with E-state index in [1.54, 1.807) is 25.3 Å². The van der Waals surface area contributed by atoms with Gasteiger partial charge in [0.2, 0.25) is 5.91 Å². The van der Waals surface area contributed by atoms with Crippen LogP contribution in [0.5, 0.6) is 0 Å².